The summed E-state index contributed by atoms with van der Waals surface area (Å²) in [6.45, 7) is 5.08. The van der Waals surface area contributed by atoms with Crippen LogP contribution in [0, 0.1) is 5.92 Å². The molecule has 0 aromatic rings. The van der Waals surface area contributed by atoms with Crippen LogP contribution in [0.25, 0.3) is 0 Å². The molecule has 94 valence electrons. The van der Waals surface area contributed by atoms with Gasteiger partial charge >= 0.3 is 0 Å². The molecular formula is C12H24N2O2. The molecule has 0 radical (unpaired) electrons. The quantitative estimate of drug-likeness (QED) is 0.639. The Morgan fingerprint density at radius 1 is 1.38 bits per heavy atom. The van der Waals surface area contributed by atoms with Crippen molar-refractivity contribution in [3.63, 3.8) is 0 Å². The van der Waals surface area contributed by atoms with Gasteiger partial charge in [0.15, 0.2) is 0 Å². The summed E-state index contributed by atoms with van der Waals surface area (Å²) < 4.78 is 5.35. The van der Waals surface area contributed by atoms with Crippen molar-refractivity contribution < 1.29 is 9.84 Å². The normalized spacial score (nSPS) is 30.2. The zero-order valence-electron chi connectivity index (χ0n) is 10.0. The highest BCUT2D eigenvalue weighted by Gasteiger charge is 2.32. The molecule has 2 heterocycles. The van der Waals surface area contributed by atoms with Gasteiger partial charge in [0, 0.05) is 18.8 Å². The van der Waals surface area contributed by atoms with Crippen LogP contribution >= 0.6 is 0 Å². The molecule has 1 unspecified atom stereocenters. The van der Waals surface area contributed by atoms with Gasteiger partial charge in [0.2, 0.25) is 0 Å². The summed E-state index contributed by atoms with van der Waals surface area (Å²) >= 11 is 0. The zero-order chi connectivity index (χ0) is 11.3. The molecule has 2 saturated heterocycles. The van der Waals surface area contributed by atoms with E-state index in [4.69, 9.17) is 4.74 Å². The van der Waals surface area contributed by atoms with Gasteiger partial charge in [-0.2, -0.15) is 0 Å². The third-order valence-electron chi connectivity index (χ3n) is 3.92. The monoisotopic (exact) mass is 228 g/mol. The Morgan fingerprint density at radius 3 is 2.81 bits per heavy atom. The third kappa shape index (κ3) is 3.17. The van der Waals surface area contributed by atoms with Crippen molar-refractivity contribution in [2.75, 3.05) is 39.5 Å². The lowest BCUT2D eigenvalue weighted by molar-refractivity contribution is 0.00992. The largest absolute Gasteiger partial charge is 0.394 e. The van der Waals surface area contributed by atoms with Crippen molar-refractivity contribution >= 4 is 0 Å². The molecule has 16 heavy (non-hydrogen) atoms. The van der Waals surface area contributed by atoms with Crippen molar-refractivity contribution in [3.8, 4) is 0 Å². The SMILES string of the molecule is OCC1(NCC2CCCNC2)CCOCC1. The smallest absolute Gasteiger partial charge is 0.0615 e. The number of aliphatic hydroxyl groups is 1. The lowest BCUT2D eigenvalue weighted by Gasteiger charge is -2.38. The standard InChI is InChI=1S/C12H24N2O2/c15-10-12(3-6-16-7-4-12)14-9-11-2-1-5-13-8-11/h11,13-15H,1-10H2. The van der Waals surface area contributed by atoms with Crippen molar-refractivity contribution in [1.29, 1.82) is 0 Å². The van der Waals surface area contributed by atoms with Gasteiger partial charge in [-0.15, -0.1) is 0 Å². The second-order valence-electron chi connectivity index (χ2n) is 5.14. The molecular weight excluding hydrogens is 204 g/mol. The minimum atomic E-state index is -0.0737. The van der Waals surface area contributed by atoms with Crippen LogP contribution in [0.2, 0.25) is 0 Å². The molecule has 0 aliphatic carbocycles. The van der Waals surface area contributed by atoms with Crippen molar-refractivity contribution in [1.82, 2.24) is 10.6 Å². The van der Waals surface area contributed by atoms with Gasteiger partial charge in [0.1, 0.15) is 0 Å². The molecule has 2 rings (SSSR count). The van der Waals surface area contributed by atoms with E-state index in [1.807, 2.05) is 0 Å². The summed E-state index contributed by atoms with van der Waals surface area (Å²) in [7, 11) is 0. The van der Waals surface area contributed by atoms with E-state index >= 15 is 0 Å². The minimum Gasteiger partial charge on any atom is -0.394 e. The van der Waals surface area contributed by atoms with Gasteiger partial charge < -0.3 is 20.5 Å². The second kappa shape index (κ2) is 5.96. The number of aliphatic hydroxyl groups excluding tert-OH is 1. The maximum absolute atomic E-state index is 9.54. The van der Waals surface area contributed by atoms with E-state index < -0.39 is 0 Å². The molecule has 0 spiro atoms. The summed E-state index contributed by atoms with van der Waals surface area (Å²) in [4.78, 5) is 0. The molecule has 4 nitrogen and oxygen atoms in total. The molecule has 0 aromatic carbocycles. The van der Waals surface area contributed by atoms with E-state index in [9.17, 15) is 5.11 Å². The molecule has 0 amide bonds. The maximum Gasteiger partial charge on any atom is 0.0615 e. The third-order valence-corrected chi connectivity index (χ3v) is 3.92. The fraction of sp³-hybridized carbons (Fsp3) is 1.00. The number of rotatable bonds is 4. The van der Waals surface area contributed by atoms with Crippen LogP contribution in [-0.2, 0) is 4.74 Å². The summed E-state index contributed by atoms with van der Waals surface area (Å²) in [5.74, 6) is 0.722. The first kappa shape index (κ1) is 12.3. The van der Waals surface area contributed by atoms with Crippen LogP contribution < -0.4 is 10.6 Å². The second-order valence-corrected chi connectivity index (χ2v) is 5.14. The zero-order valence-corrected chi connectivity index (χ0v) is 10.0. The first-order valence-corrected chi connectivity index (χ1v) is 6.49. The fourth-order valence-corrected chi connectivity index (χ4v) is 2.61. The lowest BCUT2D eigenvalue weighted by Crippen LogP contribution is -2.54. The van der Waals surface area contributed by atoms with Gasteiger partial charge in [-0.1, -0.05) is 0 Å². The highest BCUT2D eigenvalue weighted by Crippen LogP contribution is 2.21. The molecule has 2 aliphatic heterocycles. The number of nitrogens with one attached hydrogen (secondary N) is 2. The van der Waals surface area contributed by atoms with E-state index in [2.05, 4.69) is 10.6 Å². The number of piperidine rings is 1. The molecule has 1 atom stereocenters. The summed E-state index contributed by atoms with van der Waals surface area (Å²) in [5.41, 5.74) is -0.0737. The van der Waals surface area contributed by atoms with Crippen LogP contribution in [-0.4, -0.2) is 50.1 Å². The van der Waals surface area contributed by atoms with Gasteiger partial charge in [-0.05, 0) is 51.2 Å². The summed E-state index contributed by atoms with van der Waals surface area (Å²) in [5, 5.41) is 16.5. The topological polar surface area (TPSA) is 53.5 Å². The predicted octanol–water partition coefficient (Wildman–Crippen LogP) is 0.117. The molecule has 3 N–H and O–H groups in total. The Bertz CT molecular complexity index is 199. The van der Waals surface area contributed by atoms with Crippen molar-refractivity contribution in [3.05, 3.63) is 0 Å². The first-order chi connectivity index (χ1) is 7.85. The van der Waals surface area contributed by atoms with Crippen LogP contribution in [0.5, 0.6) is 0 Å². The van der Waals surface area contributed by atoms with Crippen LogP contribution in [0.4, 0.5) is 0 Å². The highest BCUT2D eigenvalue weighted by molar-refractivity contribution is 4.90. The molecule has 0 aromatic heterocycles. The van der Waals surface area contributed by atoms with Gasteiger partial charge in [0.25, 0.3) is 0 Å². The average Bonchev–Trinajstić information content (AvgIpc) is 2.39. The lowest BCUT2D eigenvalue weighted by atomic mass is 9.89. The molecule has 0 bridgehead atoms. The van der Waals surface area contributed by atoms with Crippen LogP contribution in [0.15, 0.2) is 0 Å². The molecule has 2 fully saturated rings. The number of hydrogen-bond acceptors (Lipinski definition) is 4. The Hall–Kier alpha value is -0.160. The average molecular weight is 228 g/mol. The van der Waals surface area contributed by atoms with Gasteiger partial charge in [-0.3, -0.25) is 0 Å². The van der Waals surface area contributed by atoms with Gasteiger partial charge in [0.05, 0.1) is 6.61 Å². The number of hydrogen-bond donors (Lipinski definition) is 3. The van der Waals surface area contributed by atoms with E-state index in [0.29, 0.717) is 0 Å². The Kier molecular flexibility index (Phi) is 4.58. The Balaban J connectivity index is 1.77. The summed E-state index contributed by atoms with van der Waals surface area (Å²) in [6.07, 6.45) is 4.45. The van der Waals surface area contributed by atoms with E-state index in [-0.39, 0.29) is 12.1 Å². The van der Waals surface area contributed by atoms with E-state index in [1.165, 1.54) is 12.8 Å². The first-order valence-electron chi connectivity index (χ1n) is 6.49. The molecule has 0 saturated carbocycles. The fourth-order valence-electron chi connectivity index (χ4n) is 2.61. The van der Waals surface area contributed by atoms with Crippen LogP contribution in [0.3, 0.4) is 0 Å². The highest BCUT2D eigenvalue weighted by atomic mass is 16.5. The van der Waals surface area contributed by atoms with E-state index in [1.54, 1.807) is 0 Å². The van der Waals surface area contributed by atoms with Gasteiger partial charge in [-0.25, -0.2) is 0 Å². The van der Waals surface area contributed by atoms with Crippen molar-refractivity contribution in [2.24, 2.45) is 5.92 Å². The number of ether oxygens (including phenoxy) is 1. The Labute approximate surface area is 97.7 Å². The van der Waals surface area contributed by atoms with Crippen LogP contribution in [0.1, 0.15) is 25.7 Å². The van der Waals surface area contributed by atoms with E-state index in [0.717, 1.165) is 51.6 Å². The molecule has 4 heteroatoms. The Morgan fingerprint density at radius 2 is 2.19 bits per heavy atom. The summed E-state index contributed by atoms with van der Waals surface area (Å²) in [6, 6.07) is 0. The molecule has 2 aliphatic rings. The predicted molar refractivity (Wildman–Crippen MR) is 63.5 cm³/mol. The van der Waals surface area contributed by atoms with Crippen molar-refractivity contribution in [2.45, 2.75) is 31.2 Å². The minimum absolute atomic E-state index is 0.0737. The maximum atomic E-state index is 9.54.